The van der Waals surface area contributed by atoms with Gasteiger partial charge in [0.05, 0.1) is 0 Å². The maximum Gasteiger partial charge on any atom is 0.573 e. The maximum atomic E-state index is 13.2. The summed E-state index contributed by atoms with van der Waals surface area (Å²) in [6, 6.07) is 1.98. The molecule has 1 aliphatic rings. The van der Waals surface area contributed by atoms with E-state index < -0.39 is 23.9 Å². The Labute approximate surface area is 122 Å². The summed E-state index contributed by atoms with van der Waals surface area (Å²) in [5.74, 6) is -0.607. The van der Waals surface area contributed by atoms with Gasteiger partial charge in [-0.05, 0) is 37.1 Å². The SMILES string of the molecule is CCC1(C(F)(F)F)C=Cc2cc(OC(F)(F)F)cc(C)c2O1. The average molecular weight is 326 g/mol. The van der Waals surface area contributed by atoms with Gasteiger partial charge >= 0.3 is 12.5 Å². The molecule has 1 unspecified atom stereocenters. The quantitative estimate of drug-likeness (QED) is 0.711. The Balaban J connectivity index is 2.44. The van der Waals surface area contributed by atoms with Gasteiger partial charge < -0.3 is 9.47 Å². The molecule has 122 valence electrons. The lowest BCUT2D eigenvalue weighted by Crippen LogP contribution is -2.49. The van der Waals surface area contributed by atoms with Crippen molar-refractivity contribution < 1.29 is 35.8 Å². The normalized spacial score (nSPS) is 21.3. The van der Waals surface area contributed by atoms with Crippen LogP contribution >= 0.6 is 0 Å². The molecule has 0 N–H and O–H groups in total. The van der Waals surface area contributed by atoms with Crippen LogP contribution in [0.1, 0.15) is 24.5 Å². The molecule has 8 heteroatoms. The first-order chi connectivity index (χ1) is 9.97. The van der Waals surface area contributed by atoms with Crippen molar-refractivity contribution in [1.82, 2.24) is 0 Å². The number of benzene rings is 1. The van der Waals surface area contributed by atoms with Gasteiger partial charge in [-0.15, -0.1) is 13.2 Å². The summed E-state index contributed by atoms with van der Waals surface area (Å²) >= 11 is 0. The van der Waals surface area contributed by atoms with Crippen molar-refractivity contribution in [3.05, 3.63) is 29.3 Å². The molecule has 0 aromatic heterocycles. The van der Waals surface area contributed by atoms with Crippen LogP contribution in [-0.2, 0) is 0 Å². The van der Waals surface area contributed by atoms with Gasteiger partial charge in [-0.25, -0.2) is 0 Å². The van der Waals surface area contributed by atoms with Crippen molar-refractivity contribution in [2.24, 2.45) is 0 Å². The highest BCUT2D eigenvalue weighted by Gasteiger charge is 2.55. The van der Waals surface area contributed by atoms with Crippen LogP contribution in [0.25, 0.3) is 6.08 Å². The Morgan fingerprint density at radius 3 is 2.27 bits per heavy atom. The molecule has 0 amide bonds. The van der Waals surface area contributed by atoms with Crippen molar-refractivity contribution in [3.63, 3.8) is 0 Å². The summed E-state index contributed by atoms with van der Waals surface area (Å²) in [6.45, 7) is 2.68. The highest BCUT2D eigenvalue weighted by molar-refractivity contribution is 5.65. The summed E-state index contributed by atoms with van der Waals surface area (Å²) in [5.41, 5.74) is -2.24. The first-order valence-corrected chi connectivity index (χ1v) is 6.33. The second-order valence-corrected chi connectivity index (χ2v) is 4.88. The molecule has 22 heavy (non-hydrogen) atoms. The van der Waals surface area contributed by atoms with Crippen LogP contribution in [0, 0.1) is 6.92 Å². The zero-order valence-electron chi connectivity index (χ0n) is 11.6. The van der Waals surface area contributed by atoms with Crippen molar-refractivity contribution in [2.45, 2.75) is 38.4 Å². The number of fused-ring (bicyclic) bond motifs is 1. The molecule has 0 fully saturated rings. The third kappa shape index (κ3) is 3.00. The van der Waals surface area contributed by atoms with Crippen LogP contribution < -0.4 is 9.47 Å². The van der Waals surface area contributed by atoms with Gasteiger partial charge in [0, 0.05) is 5.56 Å². The monoisotopic (exact) mass is 326 g/mol. The lowest BCUT2D eigenvalue weighted by molar-refractivity contribution is -0.274. The van der Waals surface area contributed by atoms with Crippen LogP contribution in [0.3, 0.4) is 0 Å². The van der Waals surface area contributed by atoms with Crippen LogP contribution in [0.5, 0.6) is 11.5 Å². The molecule has 0 bridgehead atoms. The first kappa shape index (κ1) is 16.5. The van der Waals surface area contributed by atoms with Gasteiger partial charge in [0.2, 0.25) is 5.60 Å². The molecular weight excluding hydrogens is 314 g/mol. The fourth-order valence-electron chi connectivity index (χ4n) is 2.21. The Hall–Kier alpha value is -1.86. The number of hydrogen-bond acceptors (Lipinski definition) is 2. The van der Waals surface area contributed by atoms with E-state index in [0.29, 0.717) is 0 Å². The van der Waals surface area contributed by atoms with E-state index in [4.69, 9.17) is 4.74 Å². The van der Waals surface area contributed by atoms with Crippen molar-refractivity contribution in [1.29, 1.82) is 0 Å². The van der Waals surface area contributed by atoms with Crippen molar-refractivity contribution in [2.75, 3.05) is 0 Å². The molecule has 0 radical (unpaired) electrons. The summed E-state index contributed by atoms with van der Waals surface area (Å²) < 4.78 is 85.1. The molecular formula is C14H12F6O2. The highest BCUT2D eigenvalue weighted by Crippen LogP contribution is 2.45. The summed E-state index contributed by atoms with van der Waals surface area (Å²) in [7, 11) is 0. The third-order valence-corrected chi connectivity index (χ3v) is 3.33. The van der Waals surface area contributed by atoms with Crippen LogP contribution in [0.15, 0.2) is 18.2 Å². The zero-order chi connectivity index (χ0) is 16.8. The summed E-state index contributed by atoms with van der Waals surface area (Å²) in [4.78, 5) is 0. The minimum atomic E-state index is -4.88. The van der Waals surface area contributed by atoms with E-state index in [1.807, 2.05) is 0 Å². The van der Waals surface area contributed by atoms with Gasteiger partial charge in [0.1, 0.15) is 11.5 Å². The van der Waals surface area contributed by atoms with Crippen molar-refractivity contribution in [3.8, 4) is 11.5 Å². The van der Waals surface area contributed by atoms with Crippen LogP contribution in [-0.4, -0.2) is 18.1 Å². The van der Waals surface area contributed by atoms with Gasteiger partial charge in [-0.1, -0.05) is 13.0 Å². The van der Waals surface area contributed by atoms with Gasteiger partial charge in [-0.3, -0.25) is 0 Å². The van der Waals surface area contributed by atoms with Gasteiger partial charge in [0.15, 0.2) is 0 Å². The summed E-state index contributed by atoms with van der Waals surface area (Å²) in [5, 5.41) is 0. The fraction of sp³-hybridized carbons (Fsp3) is 0.429. The molecule has 2 rings (SSSR count). The topological polar surface area (TPSA) is 18.5 Å². The van der Waals surface area contributed by atoms with Crippen molar-refractivity contribution >= 4 is 6.08 Å². The van der Waals surface area contributed by atoms with E-state index in [0.717, 1.165) is 24.3 Å². The predicted octanol–water partition coefficient (Wildman–Crippen LogP) is 5.01. The molecule has 0 aliphatic carbocycles. The maximum absolute atomic E-state index is 13.2. The molecule has 1 aromatic rings. The molecule has 1 aromatic carbocycles. The molecule has 0 saturated carbocycles. The Morgan fingerprint density at radius 2 is 1.77 bits per heavy atom. The number of hydrogen-bond donors (Lipinski definition) is 0. The molecule has 0 spiro atoms. The fourth-order valence-corrected chi connectivity index (χ4v) is 2.21. The lowest BCUT2D eigenvalue weighted by Gasteiger charge is -2.36. The van der Waals surface area contributed by atoms with E-state index in [2.05, 4.69) is 4.74 Å². The number of aryl methyl sites for hydroxylation is 1. The predicted molar refractivity (Wildman–Crippen MR) is 66.6 cm³/mol. The second kappa shape index (κ2) is 5.10. The van der Waals surface area contributed by atoms with E-state index in [1.165, 1.54) is 13.8 Å². The zero-order valence-corrected chi connectivity index (χ0v) is 11.6. The van der Waals surface area contributed by atoms with E-state index in [1.54, 1.807) is 0 Å². The molecule has 2 nitrogen and oxygen atoms in total. The first-order valence-electron chi connectivity index (χ1n) is 6.33. The minimum absolute atomic E-state index is 0.101. The Bertz CT molecular complexity index is 603. The van der Waals surface area contributed by atoms with Crippen LogP contribution in [0.4, 0.5) is 26.3 Å². The Kier molecular flexibility index (Phi) is 3.83. The van der Waals surface area contributed by atoms with Gasteiger partial charge in [0.25, 0.3) is 0 Å². The van der Waals surface area contributed by atoms with E-state index >= 15 is 0 Å². The molecule has 1 aliphatic heterocycles. The average Bonchev–Trinajstić information content (AvgIpc) is 2.35. The smallest absolute Gasteiger partial charge is 0.473 e. The highest BCUT2D eigenvalue weighted by atomic mass is 19.4. The van der Waals surface area contributed by atoms with Gasteiger partial charge in [-0.2, -0.15) is 13.2 Å². The van der Waals surface area contributed by atoms with E-state index in [9.17, 15) is 26.3 Å². The molecule has 1 atom stereocenters. The minimum Gasteiger partial charge on any atom is -0.473 e. The summed E-state index contributed by atoms with van der Waals surface area (Å²) in [6.07, 6.45) is -7.95. The lowest BCUT2D eigenvalue weighted by atomic mass is 9.93. The molecule has 0 saturated heterocycles. The van der Waals surface area contributed by atoms with Crippen LogP contribution in [0.2, 0.25) is 0 Å². The van der Waals surface area contributed by atoms with E-state index in [-0.39, 0.29) is 23.3 Å². The molecule has 1 heterocycles. The largest absolute Gasteiger partial charge is 0.573 e. The number of ether oxygens (including phenoxy) is 2. The third-order valence-electron chi connectivity index (χ3n) is 3.33. The second-order valence-electron chi connectivity index (χ2n) is 4.88. The Morgan fingerprint density at radius 1 is 1.14 bits per heavy atom. The number of halogens is 6. The standard InChI is InChI=1S/C14H12F6O2/c1-3-12(13(15,16)17)5-4-9-7-10(21-14(18,19)20)6-8(2)11(9)22-12/h4-7H,3H2,1-2H3. The number of alkyl halides is 6. The number of rotatable bonds is 2.